The summed E-state index contributed by atoms with van der Waals surface area (Å²) in [7, 11) is 1.87. The van der Waals surface area contributed by atoms with Crippen molar-refractivity contribution in [1.82, 2.24) is 9.88 Å². The van der Waals surface area contributed by atoms with E-state index >= 15 is 0 Å². The van der Waals surface area contributed by atoms with Crippen LogP contribution in [0.3, 0.4) is 0 Å². The largest absolute Gasteiger partial charge is 0.341 e. The van der Waals surface area contributed by atoms with Crippen LogP contribution in [0.4, 0.5) is 0 Å². The molecular weight excluding hydrogens is 224 g/mol. The number of carbonyl (C=O) groups is 1. The first kappa shape index (κ1) is 11.2. The van der Waals surface area contributed by atoms with E-state index < -0.39 is 0 Å². The van der Waals surface area contributed by atoms with Crippen LogP contribution in [-0.4, -0.2) is 22.8 Å². The highest BCUT2D eigenvalue weighted by Gasteiger charge is 2.31. The summed E-state index contributed by atoms with van der Waals surface area (Å²) in [5.41, 5.74) is 2.09. The zero-order valence-electron chi connectivity index (χ0n) is 10.5. The first-order valence-electron chi connectivity index (χ1n) is 6.33. The molecular formula is C15H16N2O. The minimum atomic E-state index is 0.267. The summed E-state index contributed by atoms with van der Waals surface area (Å²) >= 11 is 0. The molecule has 1 saturated carbocycles. The molecule has 1 aliphatic carbocycles. The highest BCUT2D eigenvalue weighted by molar-refractivity contribution is 5.81. The van der Waals surface area contributed by atoms with E-state index in [4.69, 9.17) is 0 Å². The van der Waals surface area contributed by atoms with E-state index in [2.05, 4.69) is 17.1 Å². The number of benzene rings is 1. The number of pyridine rings is 1. The van der Waals surface area contributed by atoms with Gasteiger partial charge in [0.05, 0.1) is 5.52 Å². The van der Waals surface area contributed by atoms with E-state index in [1.807, 2.05) is 36.3 Å². The van der Waals surface area contributed by atoms with Gasteiger partial charge in [0.2, 0.25) is 5.91 Å². The lowest BCUT2D eigenvalue weighted by Crippen LogP contribution is -2.27. The third-order valence-electron chi connectivity index (χ3n) is 3.37. The van der Waals surface area contributed by atoms with E-state index in [-0.39, 0.29) is 11.8 Å². The Morgan fingerprint density at radius 1 is 1.39 bits per heavy atom. The van der Waals surface area contributed by atoms with Crippen molar-refractivity contribution in [3.05, 3.63) is 42.1 Å². The van der Waals surface area contributed by atoms with Gasteiger partial charge in [-0.2, -0.15) is 0 Å². The molecule has 0 spiro atoms. The Morgan fingerprint density at radius 2 is 2.17 bits per heavy atom. The normalized spacial score (nSPS) is 14.7. The number of hydrogen-bond donors (Lipinski definition) is 0. The van der Waals surface area contributed by atoms with Crippen molar-refractivity contribution in [2.24, 2.45) is 5.92 Å². The standard InChI is InChI=1S/C15H16N2O/c1-17(15(18)12-6-7-12)10-11-8-13-4-2-3-5-14(13)16-9-11/h2-5,8-9,12H,6-7,10H2,1H3. The summed E-state index contributed by atoms with van der Waals surface area (Å²) in [5, 5.41) is 1.13. The molecule has 1 amide bonds. The second kappa shape index (κ2) is 4.41. The number of rotatable bonds is 3. The molecule has 92 valence electrons. The number of para-hydroxylation sites is 1. The van der Waals surface area contributed by atoms with Crippen LogP contribution in [0.25, 0.3) is 10.9 Å². The molecule has 0 bridgehead atoms. The summed E-state index contributed by atoms with van der Waals surface area (Å²) in [4.78, 5) is 18.1. The van der Waals surface area contributed by atoms with E-state index in [9.17, 15) is 4.79 Å². The van der Waals surface area contributed by atoms with Crippen LogP contribution in [0.5, 0.6) is 0 Å². The van der Waals surface area contributed by atoms with Crippen LogP contribution in [0.15, 0.2) is 36.5 Å². The second-order valence-corrected chi connectivity index (χ2v) is 5.00. The maximum atomic E-state index is 11.9. The predicted octanol–water partition coefficient (Wildman–Crippen LogP) is 2.60. The Labute approximate surface area is 106 Å². The van der Waals surface area contributed by atoms with E-state index in [0.717, 1.165) is 29.3 Å². The summed E-state index contributed by atoms with van der Waals surface area (Å²) in [5.74, 6) is 0.548. The summed E-state index contributed by atoms with van der Waals surface area (Å²) in [6.45, 7) is 0.646. The molecule has 0 radical (unpaired) electrons. The number of amides is 1. The summed E-state index contributed by atoms with van der Waals surface area (Å²) in [6, 6.07) is 10.1. The molecule has 0 aliphatic heterocycles. The van der Waals surface area contributed by atoms with Crippen LogP contribution in [0.2, 0.25) is 0 Å². The molecule has 0 unspecified atom stereocenters. The van der Waals surface area contributed by atoms with Gasteiger partial charge in [-0.3, -0.25) is 9.78 Å². The van der Waals surface area contributed by atoms with Crippen molar-refractivity contribution in [2.45, 2.75) is 19.4 Å². The maximum Gasteiger partial charge on any atom is 0.225 e. The van der Waals surface area contributed by atoms with Gasteiger partial charge in [-0.15, -0.1) is 0 Å². The Balaban J connectivity index is 1.79. The minimum Gasteiger partial charge on any atom is -0.341 e. The van der Waals surface area contributed by atoms with Crippen LogP contribution >= 0.6 is 0 Å². The van der Waals surface area contributed by atoms with Crippen molar-refractivity contribution in [3.63, 3.8) is 0 Å². The van der Waals surface area contributed by atoms with Crippen LogP contribution in [0, 0.1) is 5.92 Å². The zero-order valence-corrected chi connectivity index (χ0v) is 10.5. The zero-order chi connectivity index (χ0) is 12.5. The third-order valence-corrected chi connectivity index (χ3v) is 3.37. The maximum absolute atomic E-state index is 11.9. The summed E-state index contributed by atoms with van der Waals surface area (Å²) < 4.78 is 0. The van der Waals surface area contributed by atoms with Gasteiger partial charge in [-0.05, 0) is 30.5 Å². The lowest BCUT2D eigenvalue weighted by molar-refractivity contribution is -0.131. The fraction of sp³-hybridized carbons (Fsp3) is 0.333. The SMILES string of the molecule is CN(Cc1cnc2ccccc2c1)C(=O)C1CC1. The molecule has 18 heavy (non-hydrogen) atoms. The number of fused-ring (bicyclic) bond motifs is 1. The molecule has 1 aromatic heterocycles. The van der Waals surface area contributed by atoms with Gasteiger partial charge < -0.3 is 4.90 Å². The van der Waals surface area contributed by atoms with Gasteiger partial charge in [0.15, 0.2) is 0 Å². The summed E-state index contributed by atoms with van der Waals surface area (Å²) in [6.07, 6.45) is 3.97. The van der Waals surface area contributed by atoms with Crippen molar-refractivity contribution >= 4 is 16.8 Å². The lowest BCUT2D eigenvalue weighted by atomic mass is 10.1. The van der Waals surface area contributed by atoms with Crippen LogP contribution in [-0.2, 0) is 11.3 Å². The van der Waals surface area contributed by atoms with Gasteiger partial charge in [-0.25, -0.2) is 0 Å². The molecule has 1 aliphatic rings. The average Bonchev–Trinajstić information content (AvgIpc) is 3.22. The molecule has 0 saturated heterocycles. The topological polar surface area (TPSA) is 33.2 Å². The monoisotopic (exact) mass is 240 g/mol. The smallest absolute Gasteiger partial charge is 0.225 e. The van der Waals surface area contributed by atoms with E-state index in [1.54, 1.807) is 0 Å². The molecule has 1 aromatic carbocycles. The van der Waals surface area contributed by atoms with E-state index in [0.29, 0.717) is 6.54 Å². The van der Waals surface area contributed by atoms with Gasteiger partial charge in [-0.1, -0.05) is 18.2 Å². The Morgan fingerprint density at radius 3 is 2.94 bits per heavy atom. The highest BCUT2D eigenvalue weighted by Crippen LogP contribution is 2.31. The third kappa shape index (κ3) is 2.21. The van der Waals surface area contributed by atoms with Crippen molar-refractivity contribution in [3.8, 4) is 0 Å². The van der Waals surface area contributed by atoms with Gasteiger partial charge in [0.25, 0.3) is 0 Å². The molecule has 3 nitrogen and oxygen atoms in total. The molecule has 1 fully saturated rings. The van der Waals surface area contributed by atoms with Crippen molar-refractivity contribution in [2.75, 3.05) is 7.05 Å². The Hall–Kier alpha value is -1.90. The van der Waals surface area contributed by atoms with E-state index in [1.165, 1.54) is 0 Å². The molecule has 3 heteroatoms. The van der Waals surface area contributed by atoms with Crippen LogP contribution < -0.4 is 0 Å². The van der Waals surface area contributed by atoms with Crippen LogP contribution in [0.1, 0.15) is 18.4 Å². The van der Waals surface area contributed by atoms with Gasteiger partial charge in [0.1, 0.15) is 0 Å². The first-order valence-corrected chi connectivity index (χ1v) is 6.33. The molecule has 0 N–H and O–H groups in total. The number of nitrogens with zero attached hydrogens (tertiary/aromatic N) is 2. The average molecular weight is 240 g/mol. The second-order valence-electron chi connectivity index (χ2n) is 5.00. The van der Waals surface area contributed by atoms with Gasteiger partial charge >= 0.3 is 0 Å². The minimum absolute atomic E-state index is 0.267. The van der Waals surface area contributed by atoms with Gasteiger partial charge in [0, 0.05) is 31.1 Å². The fourth-order valence-corrected chi connectivity index (χ4v) is 2.20. The van der Waals surface area contributed by atoms with Crippen molar-refractivity contribution < 1.29 is 4.79 Å². The predicted molar refractivity (Wildman–Crippen MR) is 70.9 cm³/mol. The van der Waals surface area contributed by atoms with Crippen molar-refractivity contribution in [1.29, 1.82) is 0 Å². The first-order chi connectivity index (χ1) is 8.74. The molecule has 3 rings (SSSR count). The molecule has 0 atom stereocenters. The Kier molecular flexibility index (Phi) is 2.74. The quantitative estimate of drug-likeness (QED) is 0.826. The molecule has 1 heterocycles. The fourth-order valence-electron chi connectivity index (χ4n) is 2.20. The highest BCUT2D eigenvalue weighted by atomic mass is 16.2. The number of aromatic nitrogens is 1. The number of hydrogen-bond acceptors (Lipinski definition) is 2. The molecule has 2 aromatic rings. The lowest BCUT2D eigenvalue weighted by Gasteiger charge is -2.17. The Bertz CT molecular complexity index is 590. The number of carbonyl (C=O) groups excluding carboxylic acids is 1.